The van der Waals surface area contributed by atoms with Crippen molar-refractivity contribution in [2.24, 2.45) is 0 Å². The Hall–Kier alpha value is -1.84. The lowest BCUT2D eigenvalue weighted by Crippen LogP contribution is -2.28. The van der Waals surface area contributed by atoms with Crippen LogP contribution in [0.2, 0.25) is 0 Å². The minimum Gasteiger partial charge on any atom is -0.344 e. The van der Waals surface area contributed by atoms with Crippen LogP contribution >= 0.6 is 0 Å². The van der Waals surface area contributed by atoms with Crippen LogP contribution in [-0.4, -0.2) is 11.9 Å². The van der Waals surface area contributed by atoms with Gasteiger partial charge in [0.25, 0.3) is 0 Å². The van der Waals surface area contributed by atoms with Gasteiger partial charge in [0.05, 0.1) is 17.3 Å². The average molecular weight is 297 g/mol. The molecule has 2 atom stereocenters. The molecule has 0 radical (unpaired) electrons. The number of hydrogen-bond donors (Lipinski definition) is 0. The normalized spacial score (nSPS) is 22.0. The maximum atomic E-state index is 6.10. The molecule has 2 aromatic rings. The van der Waals surface area contributed by atoms with Crippen molar-refractivity contribution in [2.45, 2.75) is 45.1 Å². The molecule has 0 bridgehead atoms. The van der Waals surface area contributed by atoms with E-state index in [0.29, 0.717) is 0 Å². The highest BCUT2D eigenvalue weighted by Gasteiger charge is 2.37. The third-order valence-electron chi connectivity index (χ3n) is 3.61. The Morgan fingerprint density at radius 3 is 2.14 bits per heavy atom. The van der Waals surface area contributed by atoms with Crippen molar-refractivity contribution in [1.29, 1.82) is 0 Å². The second-order valence-corrected chi connectivity index (χ2v) is 6.59. The van der Waals surface area contributed by atoms with E-state index in [1.807, 2.05) is 29.3 Å². The van der Waals surface area contributed by atoms with Crippen molar-refractivity contribution in [3.63, 3.8) is 0 Å². The Bertz CT molecular complexity index is 544. The van der Waals surface area contributed by atoms with Crippen LogP contribution in [0.5, 0.6) is 0 Å². The third-order valence-corrected chi connectivity index (χ3v) is 3.61. The first-order chi connectivity index (χ1) is 10.5. The highest BCUT2D eigenvalue weighted by molar-refractivity contribution is 5.47. The summed E-state index contributed by atoms with van der Waals surface area (Å²) in [7, 11) is 0. The second kappa shape index (κ2) is 6.11. The van der Waals surface area contributed by atoms with Crippen LogP contribution < -0.4 is 5.06 Å². The molecule has 0 N–H and O–H groups in total. The molecule has 1 saturated heterocycles. The molecule has 1 aliphatic rings. The first-order valence-corrected chi connectivity index (χ1v) is 7.77. The Morgan fingerprint density at radius 2 is 1.55 bits per heavy atom. The van der Waals surface area contributed by atoms with Crippen LogP contribution in [0.4, 0.5) is 5.69 Å². The molecule has 3 rings (SSSR count). The fraction of sp³-hybridized carbons (Fsp3) is 0.368. The monoisotopic (exact) mass is 297 g/mol. The average Bonchev–Trinajstić information content (AvgIpc) is 2.91. The van der Waals surface area contributed by atoms with Crippen molar-refractivity contribution < 1.29 is 9.57 Å². The molecule has 3 nitrogen and oxygen atoms in total. The molecule has 0 amide bonds. The van der Waals surface area contributed by atoms with Gasteiger partial charge in [-0.25, -0.2) is 9.90 Å². The molecule has 0 saturated carbocycles. The van der Waals surface area contributed by atoms with E-state index in [1.54, 1.807) is 0 Å². The molecular formula is C19H23NO2. The number of ether oxygens (including phenoxy) is 1. The highest BCUT2D eigenvalue weighted by atomic mass is 16.8. The number of hydrogen-bond acceptors (Lipinski definition) is 3. The Balaban J connectivity index is 1.87. The Kier molecular flexibility index (Phi) is 4.19. The molecule has 22 heavy (non-hydrogen) atoms. The number of benzene rings is 2. The summed E-state index contributed by atoms with van der Waals surface area (Å²) >= 11 is 0. The Morgan fingerprint density at radius 1 is 0.955 bits per heavy atom. The molecule has 3 heteroatoms. The van der Waals surface area contributed by atoms with Crippen molar-refractivity contribution in [1.82, 2.24) is 0 Å². The molecule has 0 aromatic heterocycles. The van der Waals surface area contributed by atoms with Crippen LogP contribution in [0, 0.1) is 0 Å². The maximum absolute atomic E-state index is 6.10. The van der Waals surface area contributed by atoms with Crippen LogP contribution in [0.1, 0.15) is 38.8 Å². The van der Waals surface area contributed by atoms with Crippen molar-refractivity contribution in [3.8, 4) is 0 Å². The molecule has 116 valence electrons. The van der Waals surface area contributed by atoms with Gasteiger partial charge in [-0.2, -0.15) is 0 Å². The third kappa shape index (κ3) is 3.49. The molecule has 0 aliphatic carbocycles. The SMILES string of the molecule is CC(C)(C)O[C@@H]1C[C@@H](c2ccccc2)N(c2ccccc2)O1. The van der Waals surface area contributed by atoms with Gasteiger partial charge in [-0.3, -0.25) is 0 Å². The van der Waals surface area contributed by atoms with Gasteiger partial charge in [0.15, 0.2) is 6.29 Å². The predicted octanol–water partition coefficient (Wildman–Crippen LogP) is 4.71. The molecular weight excluding hydrogens is 274 g/mol. The maximum Gasteiger partial charge on any atom is 0.186 e. The summed E-state index contributed by atoms with van der Waals surface area (Å²) in [6, 6.07) is 20.8. The van der Waals surface area contributed by atoms with Gasteiger partial charge < -0.3 is 4.74 Å². The standard InChI is InChI=1S/C19H23NO2/c1-19(2,3)21-18-14-17(15-10-6-4-7-11-15)20(22-18)16-12-8-5-9-13-16/h4-13,17-18H,14H2,1-3H3/t17-,18-/m0/s1. The fourth-order valence-electron chi connectivity index (χ4n) is 2.75. The quantitative estimate of drug-likeness (QED) is 0.819. The molecule has 1 fully saturated rings. The summed E-state index contributed by atoms with van der Waals surface area (Å²) in [6.07, 6.45) is 0.585. The summed E-state index contributed by atoms with van der Waals surface area (Å²) in [6.45, 7) is 6.16. The summed E-state index contributed by atoms with van der Waals surface area (Å²) in [5.74, 6) is 0. The van der Waals surface area contributed by atoms with E-state index in [4.69, 9.17) is 9.57 Å². The number of para-hydroxylation sites is 1. The molecule has 0 unspecified atom stereocenters. The number of hydroxylamine groups is 1. The van der Waals surface area contributed by atoms with E-state index in [0.717, 1.165) is 12.1 Å². The van der Waals surface area contributed by atoms with Crippen LogP contribution in [0.3, 0.4) is 0 Å². The van der Waals surface area contributed by atoms with E-state index < -0.39 is 0 Å². The predicted molar refractivity (Wildman–Crippen MR) is 88.4 cm³/mol. The summed E-state index contributed by atoms with van der Waals surface area (Å²) in [5.41, 5.74) is 2.07. The molecule has 2 aromatic carbocycles. The van der Waals surface area contributed by atoms with Crippen LogP contribution in [-0.2, 0) is 9.57 Å². The summed E-state index contributed by atoms with van der Waals surface area (Å²) in [5, 5.41) is 1.98. The first-order valence-electron chi connectivity index (χ1n) is 7.77. The lowest BCUT2D eigenvalue weighted by molar-refractivity contribution is -0.176. The topological polar surface area (TPSA) is 21.7 Å². The highest BCUT2D eigenvalue weighted by Crippen LogP contribution is 2.39. The largest absolute Gasteiger partial charge is 0.344 e. The smallest absolute Gasteiger partial charge is 0.186 e. The van der Waals surface area contributed by atoms with Crippen molar-refractivity contribution >= 4 is 5.69 Å². The van der Waals surface area contributed by atoms with Crippen LogP contribution in [0.25, 0.3) is 0 Å². The molecule has 0 spiro atoms. The van der Waals surface area contributed by atoms with Gasteiger partial charge in [-0.15, -0.1) is 0 Å². The van der Waals surface area contributed by atoms with Gasteiger partial charge in [-0.05, 0) is 38.5 Å². The second-order valence-electron chi connectivity index (χ2n) is 6.59. The van der Waals surface area contributed by atoms with E-state index in [2.05, 4.69) is 57.2 Å². The minimum atomic E-state index is -0.231. The van der Waals surface area contributed by atoms with Gasteiger partial charge in [0, 0.05) is 6.42 Å². The lowest BCUT2D eigenvalue weighted by Gasteiger charge is -2.26. The summed E-state index contributed by atoms with van der Waals surface area (Å²) in [4.78, 5) is 6.10. The van der Waals surface area contributed by atoms with E-state index in [1.165, 1.54) is 5.56 Å². The van der Waals surface area contributed by atoms with E-state index >= 15 is 0 Å². The van der Waals surface area contributed by atoms with E-state index in [9.17, 15) is 0 Å². The minimum absolute atomic E-state index is 0.163. The Labute approximate surface area is 132 Å². The number of anilines is 1. The zero-order valence-electron chi connectivity index (χ0n) is 13.4. The molecule has 1 heterocycles. The fourth-order valence-corrected chi connectivity index (χ4v) is 2.75. The number of nitrogens with zero attached hydrogens (tertiary/aromatic N) is 1. The zero-order chi connectivity index (χ0) is 15.6. The first kappa shape index (κ1) is 15.1. The van der Waals surface area contributed by atoms with Gasteiger partial charge >= 0.3 is 0 Å². The van der Waals surface area contributed by atoms with Gasteiger partial charge in [0.1, 0.15) is 0 Å². The van der Waals surface area contributed by atoms with Crippen LogP contribution in [0.15, 0.2) is 60.7 Å². The summed E-state index contributed by atoms with van der Waals surface area (Å²) < 4.78 is 6.04. The van der Waals surface area contributed by atoms with E-state index in [-0.39, 0.29) is 17.9 Å². The van der Waals surface area contributed by atoms with Crippen molar-refractivity contribution in [2.75, 3.05) is 5.06 Å². The lowest BCUT2D eigenvalue weighted by atomic mass is 10.0. The van der Waals surface area contributed by atoms with Gasteiger partial charge in [-0.1, -0.05) is 48.5 Å². The van der Waals surface area contributed by atoms with Crippen molar-refractivity contribution in [3.05, 3.63) is 66.2 Å². The number of rotatable bonds is 3. The van der Waals surface area contributed by atoms with Gasteiger partial charge in [0.2, 0.25) is 0 Å². The molecule has 1 aliphatic heterocycles. The zero-order valence-corrected chi connectivity index (χ0v) is 13.4.